The summed E-state index contributed by atoms with van der Waals surface area (Å²) in [5, 5.41) is 6.49. The number of hydrogen-bond donors (Lipinski definition) is 2. The van der Waals surface area contributed by atoms with Gasteiger partial charge in [-0.25, -0.2) is 19.9 Å². The number of amides is 1. The molecule has 2 aromatic carbocycles. The van der Waals surface area contributed by atoms with E-state index >= 15 is 0 Å². The maximum absolute atomic E-state index is 12.9. The highest BCUT2D eigenvalue weighted by molar-refractivity contribution is 5.93. The maximum Gasteiger partial charge on any atom is 0.270 e. The minimum absolute atomic E-state index is 0.0710. The van der Waals surface area contributed by atoms with Crippen LogP contribution in [0, 0.1) is 0 Å². The van der Waals surface area contributed by atoms with Gasteiger partial charge in [-0.3, -0.25) is 4.79 Å². The first kappa shape index (κ1) is 23.6. The van der Waals surface area contributed by atoms with Gasteiger partial charge in [0.1, 0.15) is 23.3 Å². The highest BCUT2D eigenvalue weighted by atomic mass is 16.5. The topological polar surface area (TPSA) is 107 Å². The van der Waals surface area contributed by atoms with Crippen molar-refractivity contribution >= 4 is 22.9 Å². The Labute approximate surface area is 220 Å². The molecule has 1 aliphatic carbocycles. The predicted molar refractivity (Wildman–Crippen MR) is 145 cm³/mol. The smallest absolute Gasteiger partial charge is 0.270 e. The van der Waals surface area contributed by atoms with Crippen LogP contribution in [0.4, 0.5) is 5.82 Å². The summed E-state index contributed by atoms with van der Waals surface area (Å²) in [7, 11) is 1.65. The summed E-state index contributed by atoms with van der Waals surface area (Å²) in [4.78, 5) is 30.9. The van der Waals surface area contributed by atoms with Crippen molar-refractivity contribution in [2.24, 2.45) is 0 Å². The monoisotopic (exact) mass is 505 g/mol. The summed E-state index contributed by atoms with van der Waals surface area (Å²) < 4.78 is 7.30. The fraction of sp³-hybridized carbons (Fsp3) is 0.207. The SMILES string of the molecule is COc1ccc(CNc2ncnc3c2ncn3C2CC(NC(=O)c3cccc(-c4ccccc4)n3)C2)cc1. The second-order valence-corrected chi connectivity index (χ2v) is 9.32. The van der Waals surface area contributed by atoms with Crippen molar-refractivity contribution in [2.75, 3.05) is 12.4 Å². The van der Waals surface area contributed by atoms with Crippen LogP contribution in [0.15, 0.2) is 85.5 Å². The second-order valence-electron chi connectivity index (χ2n) is 9.32. The third-order valence-corrected chi connectivity index (χ3v) is 6.87. The molecule has 0 saturated heterocycles. The van der Waals surface area contributed by atoms with Crippen LogP contribution in [0.5, 0.6) is 5.75 Å². The zero-order valence-corrected chi connectivity index (χ0v) is 20.9. The van der Waals surface area contributed by atoms with Crippen molar-refractivity contribution in [2.45, 2.75) is 31.5 Å². The van der Waals surface area contributed by atoms with Gasteiger partial charge >= 0.3 is 0 Å². The van der Waals surface area contributed by atoms with E-state index in [9.17, 15) is 4.79 Å². The first-order chi connectivity index (χ1) is 18.7. The molecule has 0 radical (unpaired) electrons. The Hall–Kier alpha value is -4.79. The Morgan fingerprint density at radius 1 is 0.974 bits per heavy atom. The average Bonchev–Trinajstić information content (AvgIpc) is 3.38. The molecule has 9 heteroatoms. The van der Waals surface area contributed by atoms with Crippen LogP contribution in [-0.2, 0) is 6.54 Å². The van der Waals surface area contributed by atoms with Gasteiger partial charge in [0.15, 0.2) is 11.5 Å². The molecule has 0 bridgehead atoms. The summed E-state index contributed by atoms with van der Waals surface area (Å²) in [6.07, 6.45) is 4.97. The normalized spacial score (nSPS) is 16.6. The van der Waals surface area contributed by atoms with Crippen LogP contribution in [0.25, 0.3) is 22.4 Å². The molecule has 38 heavy (non-hydrogen) atoms. The van der Waals surface area contributed by atoms with E-state index in [2.05, 4.69) is 35.1 Å². The van der Waals surface area contributed by atoms with Crippen LogP contribution in [0.1, 0.15) is 34.9 Å². The Kier molecular flexibility index (Phi) is 6.39. The highest BCUT2D eigenvalue weighted by Gasteiger charge is 2.33. The number of carbonyl (C=O) groups excluding carboxylic acids is 1. The third-order valence-electron chi connectivity index (χ3n) is 6.87. The Bertz CT molecular complexity index is 1560. The quantitative estimate of drug-likeness (QED) is 0.316. The molecule has 2 N–H and O–H groups in total. The number of aromatic nitrogens is 5. The van der Waals surface area contributed by atoms with Crippen molar-refractivity contribution in [3.63, 3.8) is 0 Å². The van der Waals surface area contributed by atoms with Gasteiger partial charge in [0.25, 0.3) is 5.91 Å². The summed E-state index contributed by atoms with van der Waals surface area (Å²) in [6.45, 7) is 0.611. The number of fused-ring (bicyclic) bond motifs is 1. The minimum Gasteiger partial charge on any atom is -0.497 e. The number of ether oxygens (including phenoxy) is 1. The van der Waals surface area contributed by atoms with Gasteiger partial charge in [-0.05, 0) is 42.7 Å². The molecule has 9 nitrogen and oxygen atoms in total. The highest BCUT2D eigenvalue weighted by Crippen LogP contribution is 2.35. The molecule has 1 aliphatic rings. The first-order valence-corrected chi connectivity index (χ1v) is 12.6. The van der Waals surface area contributed by atoms with Crippen molar-refractivity contribution < 1.29 is 9.53 Å². The van der Waals surface area contributed by atoms with E-state index < -0.39 is 0 Å². The molecule has 1 fully saturated rings. The van der Waals surface area contributed by atoms with Gasteiger partial charge in [0.05, 0.1) is 19.1 Å². The van der Waals surface area contributed by atoms with E-state index in [1.54, 1.807) is 19.5 Å². The molecule has 0 atom stereocenters. The second kappa shape index (κ2) is 10.3. The van der Waals surface area contributed by atoms with E-state index in [0.717, 1.165) is 46.6 Å². The number of anilines is 1. The summed E-state index contributed by atoms with van der Waals surface area (Å²) in [5.74, 6) is 1.36. The number of carbonyl (C=O) groups is 1. The molecule has 1 amide bonds. The average molecular weight is 506 g/mol. The number of pyridine rings is 1. The van der Waals surface area contributed by atoms with Crippen LogP contribution in [-0.4, -0.2) is 43.6 Å². The molecular weight excluding hydrogens is 478 g/mol. The van der Waals surface area contributed by atoms with Gasteiger partial charge in [-0.2, -0.15) is 0 Å². The molecule has 6 rings (SSSR count). The van der Waals surface area contributed by atoms with E-state index in [4.69, 9.17) is 4.74 Å². The fourth-order valence-electron chi connectivity index (χ4n) is 4.70. The zero-order valence-electron chi connectivity index (χ0n) is 20.9. The standard InChI is InChI=1S/C29H27N7O2/c1-38-23-12-10-19(11-13-23)16-30-27-26-28(32-17-31-27)36(18-33-26)22-14-21(15-22)34-29(37)25-9-5-8-24(35-25)20-6-3-2-4-7-20/h2-13,17-18,21-22H,14-16H2,1H3,(H,34,37)(H,30,31,32). The van der Waals surface area contributed by atoms with Gasteiger partial charge in [-0.15, -0.1) is 0 Å². The number of benzene rings is 2. The van der Waals surface area contributed by atoms with Gasteiger partial charge < -0.3 is 19.9 Å². The lowest BCUT2D eigenvalue weighted by Crippen LogP contribution is -2.45. The van der Waals surface area contributed by atoms with Crippen molar-refractivity contribution in [1.82, 2.24) is 29.8 Å². The Morgan fingerprint density at radius 2 is 1.79 bits per heavy atom. The lowest BCUT2D eigenvalue weighted by Gasteiger charge is -2.36. The molecule has 1 saturated carbocycles. The molecule has 0 aliphatic heterocycles. The molecule has 5 aromatic rings. The number of rotatable bonds is 8. The fourth-order valence-corrected chi connectivity index (χ4v) is 4.70. The summed E-state index contributed by atoms with van der Waals surface area (Å²) >= 11 is 0. The van der Waals surface area contributed by atoms with E-state index in [1.807, 2.05) is 73.1 Å². The number of imidazole rings is 1. The van der Waals surface area contributed by atoms with Gasteiger partial charge in [0.2, 0.25) is 0 Å². The van der Waals surface area contributed by atoms with Crippen LogP contribution in [0.2, 0.25) is 0 Å². The van der Waals surface area contributed by atoms with Gasteiger partial charge in [0, 0.05) is 24.2 Å². The maximum atomic E-state index is 12.9. The van der Waals surface area contributed by atoms with Crippen LogP contribution in [0.3, 0.4) is 0 Å². The largest absolute Gasteiger partial charge is 0.497 e. The van der Waals surface area contributed by atoms with Crippen molar-refractivity contribution in [1.29, 1.82) is 0 Å². The summed E-state index contributed by atoms with van der Waals surface area (Å²) in [6, 6.07) is 23.6. The predicted octanol–water partition coefficient (Wildman–Crippen LogP) is 4.64. The lowest BCUT2D eigenvalue weighted by atomic mass is 9.86. The van der Waals surface area contributed by atoms with Crippen LogP contribution >= 0.6 is 0 Å². The van der Waals surface area contributed by atoms with Crippen LogP contribution < -0.4 is 15.4 Å². The number of methoxy groups -OCH3 is 1. The molecule has 3 heterocycles. The molecule has 0 unspecified atom stereocenters. The van der Waals surface area contributed by atoms with E-state index in [-0.39, 0.29) is 18.0 Å². The molecular formula is C29H27N7O2. The lowest BCUT2D eigenvalue weighted by molar-refractivity contribution is 0.0889. The summed E-state index contributed by atoms with van der Waals surface area (Å²) in [5.41, 5.74) is 4.81. The Balaban J connectivity index is 1.08. The number of hydrogen-bond acceptors (Lipinski definition) is 7. The van der Waals surface area contributed by atoms with E-state index in [1.165, 1.54) is 0 Å². The van der Waals surface area contributed by atoms with Crippen molar-refractivity contribution in [3.05, 3.63) is 96.7 Å². The van der Waals surface area contributed by atoms with Gasteiger partial charge in [-0.1, -0.05) is 48.5 Å². The Morgan fingerprint density at radius 3 is 2.58 bits per heavy atom. The minimum atomic E-state index is -0.158. The molecule has 3 aromatic heterocycles. The molecule has 190 valence electrons. The zero-order chi connectivity index (χ0) is 25.9. The van der Waals surface area contributed by atoms with Crippen molar-refractivity contribution in [3.8, 4) is 17.0 Å². The third kappa shape index (κ3) is 4.78. The van der Waals surface area contributed by atoms with E-state index in [0.29, 0.717) is 18.1 Å². The first-order valence-electron chi connectivity index (χ1n) is 12.6. The number of nitrogens with zero attached hydrogens (tertiary/aromatic N) is 5. The number of nitrogens with one attached hydrogen (secondary N) is 2. The molecule has 0 spiro atoms.